The molecule has 3 N–H and O–H groups in total. The van der Waals surface area contributed by atoms with Gasteiger partial charge in [-0.15, -0.1) is 11.3 Å². The van der Waals surface area contributed by atoms with E-state index in [1.54, 1.807) is 29.5 Å². The minimum Gasteiger partial charge on any atom is -0.507 e. The Morgan fingerprint density at radius 1 is 1.33 bits per heavy atom. The molecule has 0 radical (unpaired) electrons. The summed E-state index contributed by atoms with van der Waals surface area (Å²) in [6, 6.07) is 4.64. The Labute approximate surface area is 110 Å². The average molecular weight is 264 g/mol. The van der Waals surface area contributed by atoms with Gasteiger partial charge in [0.05, 0.1) is 16.8 Å². The minimum absolute atomic E-state index is 0.107. The summed E-state index contributed by atoms with van der Waals surface area (Å²) in [5.41, 5.74) is 3.36. The monoisotopic (exact) mass is 264 g/mol. The lowest BCUT2D eigenvalue weighted by Crippen LogP contribution is -2.18. The van der Waals surface area contributed by atoms with Gasteiger partial charge in [0.1, 0.15) is 11.5 Å². The Morgan fingerprint density at radius 3 is 2.56 bits per heavy atom. The van der Waals surface area contributed by atoms with Crippen LogP contribution in [0.1, 0.15) is 29.1 Å². The van der Waals surface area contributed by atoms with Gasteiger partial charge in [0.15, 0.2) is 0 Å². The zero-order chi connectivity index (χ0) is 13.1. The SMILES string of the molecule is Cc1ncsc1CNC(C)c1c(O)cccc1O. The lowest BCUT2D eigenvalue weighted by Gasteiger charge is -2.16. The van der Waals surface area contributed by atoms with E-state index in [1.165, 1.54) is 0 Å². The number of aromatic hydroxyl groups is 2. The Kier molecular flexibility index (Phi) is 3.84. The van der Waals surface area contributed by atoms with Crippen LogP contribution in [0.25, 0.3) is 0 Å². The minimum atomic E-state index is -0.132. The number of benzene rings is 1. The van der Waals surface area contributed by atoms with Gasteiger partial charge in [0.2, 0.25) is 0 Å². The van der Waals surface area contributed by atoms with E-state index >= 15 is 0 Å². The molecule has 1 heterocycles. The number of nitrogens with one attached hydrogen (secondary N) is 1. The summed E-state index contributed by atoms with van der Waals surface area (Å²) < 4.78 is 0. The lowest BCUT2D eigenvalue weighted by molar-refractivity contribution is 0.418. The standard InChI is InChI=1S/C13H16N2O2S/c1-8-12(18-7-15-8)6-14-9(2)13-10(16)4-3-5-11(13)17/h3-5,7,9,14,16-17H,6H2,1-2H3. The van der Waals surface area contributed by atoms with Crippen molar-refractivity contribution < 1.29 is 10.2 Å². The molecule has 0 aliphatic rings. The summed E-state index contributed by atoms with van der Waals surface area (Å²) in [7, 11) is 0. The summed E-state index contributed by atoms with van der Waals surface area (Å²) in [6.07, 6.45) is 0. The van der Waals surface area contributed by atoms with E-state index in [9.17, 15) is 10.2 Å². The van der Waals surface area contributed by atoms with Crippen LogP contribution in [-0.2, 0) is 6.54 Å². The van der Waals surface area contributed by atoms with E-state index < -0.39 is 0 Å². The molecule has 1 aromatic carbocycles. The molecular formula is C13H16N2O2S. The molecule has 0 spiro atoms. The molecule has 0 fully saturated rings. The number of hydrogen-bond donors (Lipinski definition) is 3. The fourth-order valence-corrected chi connectivity index (χ4v) is 2.56. The van der Waals surface area contributed by atoms with Crippen LogP contribution in [0, 0.1) is 6.92 Å². The van der Waals surface area contributed by atoms with Crippen LogP contribution in [0.15, 0.2) is 23.7 Å². The quantitative estimate of drug-likeness (QED) is 0.794. The van der Waals surface area contributed by atoms with Gasteiger partial charge < -0.3 is 15.5 Å². The molecule has 18 heavy (non-hydrogen) atoms. The zero-order valence-electron chi connectivity index (χ0n) is 10.3. The predicted molar refractivity (Wildman–Crippen MR) is 71.9 cm³/mol. The van der Waals surface area contributed by atoms with Crippen molar-refractivity contribution in [3.63, 3.8) is 0 Å². The van der Waals surface area contributed by atoms with Crippen molar-refractivity contribution in [1.82, 2.24) is 10.3 Å². The van der Waals surface area contributed by atoms with Crippen molar-refractivity contribution in [3.05, 3.63) is 39.8 Å². The number of nitrogens with zero attached hydrogens (tertiary/aromatic N) is 1. The molecule has 0 saturated heterocycles. The highest BCUT2D eigenvalue weighted by Gasteiger charge is 2.15. The molecule has 0 saturated carbocycles. The molecule has 0 aliphatic heterocycles. The first kappa shape index (κ1) is 12.9. The molecule has 96 valence electrons. The van der Waals surface area contributed by atoms with Gasteiger partial charge in [-0.25, -0.2) is 4.98 Å². The van der Waals surface area contributed by atoms with Crippen LogP contribution < -0.4 is 5.32 Å². The second-order valence-electron chi connectivity index (χ2n) is 4.17. The smallest absolute Gasteiger partial charge is 0.124 e. The Balaban J connectivity index is 2.08. The summed E-state index contributed by atoms with van der Waals surface area (Å²) in [6.45, 7) is 4.55. The molecule has 1 atom stereocenters. The van der Waals surface area contributed by atoms with E-state index in [2.05, 4.69) is 10.3 Å². The highest BCUT2D eigenvalue weighted by Crippen LogP contribution is 2.32. The Bertz CT molecular complexity index is 519. The van der Waals surface area contributed by atoms with E-state index in [4.69, 9.17) is 0 Å². The maximum absolute atomic E-state index is 9.76. The molecule has 2 aromatic rings. The van der Waals surface area contributed by atoms with Gasteiger partial charge in [-0.2, -0.15) is 0 Å². The molecule has 0 bridgehead atoms. The van der Waals surface area contributed by atoms with E-state index in [0.29, 0.717) is 12.1 Å². The molecular weight excluding hydrogens is 248 g/mol. The first-order valence-electron chi connectivity index (χ1n) is 5.72. The summed E-state index contributed by atoms with van der Waals surface area (Å²) in [5, 5.41) is 22.8. The Morgan fingerprint density at radius 2 is 2.00 bits per heavy atom. The van der Waals surface area contributed by atoms with E-state index in [-0.39, 0.29) is 17.5 Å². The van der Waals surface area contributed by atoms with Crippen molar-refractivity contribution in [2.75, 3.05) is 0 Å². The Hall–Kier alpha value is -1.59. The maximum atomic E-state index is 9.76. The first-order chi connectivity index (χ1) is 8.59. The second kappa shape index (κ2) is 5.37. The maximum Gasteiger partial charge on any atom is 0.124 e. The third-order valence-corrected chi connectivity index (χ3v) is 3.84. The zero-order valence-corrected chi connectivity index (χ0v) is 11.2. The van der Waals surface area contributed by atoms with Crippen LogP contribution in [0.2, 0.25) is 0 Å². The number of hydrogen-bond acceptors (Lipinski definition) is 5. The molecule has 4 nitrogen and oxygen atoms in total. The normalized spacial score (nSPS) is 12.6. The topological polar surface area (TPSA) is 65.4 Å². The lowest BCUT2D eigenvalue weighted by atomic mass is 10.1. The number of phenols is 2. The number of phenolic OH excluding ortho intramolecular Hbond substituents is 2. The summed E-state index contributed by atoms with van der Waals surface area (Å²) in [4.78, 5) is 5.35. The van der Waals surface area contributed by atoms with Gasteiger partial charge in [-0.05, 0) is 26.0 Å². The van der Waals surface area contributed by atoms with E-state index in [0.717, 1.165) is 10.6 Å². The number of aromatic nitrogens is 1. The van der Waals surface area contributed by atoms with Crippen LogP contribution in [-0.4, -0.2) is 15.2 Å². The van der Waals surface area contributed by atoms with Gasteiger partial charge in [0, 0.05) is 17.5 Å². The fraction of sp³-hybridized carbons (Fsp3) is 0.308. The highest BCUT2D eigenvalue weighted by atomic mass is 32.1. The molecule has 1 unspecified atom stereocenters. The summed E-state index contributed by atoms with van der Waals surface area (Å²) >= 11 is 1.60. The average Bonchev–Trinajstić information content (AvgIpc) is 2.72. The largest absolute Gasteiger partial charge is 0.507 e. The fourth-order valence-electron chi connectivity index (χ4n) is 1.83. The number of aryl methyl sites for hydroxylation is 1. The van der Waals surface area contributed by atoms with Crippen LogP contribution in [0.5, 0.6) is 11.5 Å². The van der Waals surface area contributed by atoms with Crippen molar-refractivity contribution >= 4 is 11.3 Å². The van der Waals surface area contributed by atoms with Crippen LogP contribution in [0.4, 0.5) is 0 Å². The van der Waals surface area contributed by atoms with Gasteiger partial charge in [0.25, 0.3) is 0 Å². The van der Waals surface area contributed by atoms with Gasteiger partial charge in [-0.3, -0.25) is 0 Å². The molecule has 1 aromatic heterocycles. The van der Waals surface area contributed by atoms with Crippen molar-refractivity contribution in [3.8, 4) is 11.5 Å². The molecule has 0 amide bonds. The third-order valence-electron chi connectivity index (χ3n) is 2.91. The molecule has 5 heteroatoms. The highest BCUT2D eigenvalue weighted by molar-refractivity contribution is 7.09. The van der Waals surface area contributed by atoms with Gasteiger partial charge >= 0.3 is 0 Å². The first-order valence-corrected chi connectivity index (χ1v) is 6.60. The molecule has 0 aliphatic carbocycles. The van der Waals surface area contributed by atoms with Gasteiger partial charge in [-0.1, -0.05) is 6.07 Å². The van der Waals surface area contributed by atoms with Crippen LogP contribution >= 0.6 is 11.3 Å². The second-order valence-corrected chi connectivity index (χ2v) is 5.11. The molecule has 2 rings (SSSR count). The number of rotatable bonds is 4. The van der Waals surface area contributed by atoms with Crippen molar-refractivity contribution in [1.29, 1.82) is 0 Å². The van der Waals surface area contributed by atoms with E-state index in [1.807, 2.05) is 19.4 Å². The number of thiazole rings is 1. The predicted octanol–water partition coefficient (Wildman–Crippen LogP) is 2.71. The third kappa shape index (κ3) is 2.63. The van der Waals surface area contributed by atoms with Crippen molar-refractivity contribution in [2.24, 2.45) is 0 Å². The van der Waals surface area contributed by atoms with Crippen LogP contribution in [0.3, 0.4) is 0 Å². The summed E-state index contributed by atoms with van der Waals surface area (Å²) in [5.74, 6) is 0.215. The van der Waals surface area contributed by atoms with Crippen molar-refractivity contribution in [2.45, 2.75) is 26.4 Å².